The van der Waals surface area contributed by atoms with Gasteiger partial charge < -0.3 is 24.3 Å². The molecule has 8 nitrogen and oxygen atoms in total. The Morgan fingerprint density at radius 3 is 2.44 bits per heavy atom. The Hall–Kier alpha value is -4.20. The molecule has 0 saturated carbocycles. The van der Waals surface area contributed by atoms with Gasteiger partial charge in [-0.25, -0.2) is 4.99 Å². The van der Waals surface area contributed by atoms with Crippen LogP contribution < -0.4 is 19.7 Å². The van der Waals surface area contributed by atoms with E-state index in [0.29, 0.717) is 6.54 Å². The maximum absolute atomic E-state index is 5.54. The number of benzene rings is 2. The summed E-state index contributed by atoms with van der Waals surface area (Å²) in [5, 5.41) is 7.78. The number of anilines is 3. The zero-order valence-corrected chi connectivity index (χ0v) is 19.6. The first-order valence-corrected chi connectivity index (χ1v) is 11.2. The first-order valence-electron chi connectivity index (χ1n) is 11.2. The fraction of sp³-hybridized carbons (Fsp3) is 0.231. The molecule has 2 aromatic carbocycles. The number of aryl methyl sites for hydroxylation is 1. The smallest absolute Gasteiger partial charge is 0.124 e. The van der Waals surface area contributed by atoms with Gasteiger partial charge in [0.2, 0.25) is 0 Å². The maximum atomic E-state index is 5.54. The van der Waals surface area contributed by atoms with Gasteiger partial charge in [0.25, 0.3) is 0 Å². The minimum absolute atomic E-state index is 0.669. The number of methoxy groups -OCH3 is 2. The van der Waals surface area contributed by atoms with Gasteiger partial charge in [-0.2, -0.15) is 5.10 Å². The number of ether oxygens (including phenoxy) is 2. The number of hydrogen-bond donors (Lipinski definition) is 1. The topological polar surface area (TPSA) is 68.8 Å². The maximum Gasteiger partial charge on any atom is 0.124 e. The van der Waals surface area contributed by atoms with Crippen molar-refractivity contribution < 1.29 is 9.47 Å². The lowest BCUT2D eigenvalue weighted by Crippen LogP contribution is -2.23. The van der Waals surface area contributed by atoms with E-state index in [1.807, 2.05) is 49.8 Å². The van der Waals surface area contributed by atoms with Crippen LogP contribution in [0.1, 0.15) is 5.56 Å². The van der Waals surface area contributed by atoms with Gasteiger partial charge in [0.05, 0.1) is 44.0 Å². The van der Waals surface area contributed by atoms with Gasteiger partial charge in [-0.15, -0.1) is 0 Å². The highest BCUT2D eigenvalue weighted by Gasteiger charge is 2.18. The molecule has 0 unspecified atom stereocenters. The molecule has 3 heterocycles. The van der Waals surface area contributed by atoms with Crippen LogP contribution >= 0.6 is 0 Å². The first-order chi connectivity index (χ1) is 16.6. The molecule has 0 saturated heterocycles. The van der Waals surface area contributed by atoms with E-state index in [1.54, 1.807) is 18.9 Å². The van der Waals surface area contributed by atoms with Crippen molar-refractivity contribution in [2.24, 2.45) is 12.0 Å². The average Bonchev–Trinajstić information content (AvgIpc) is 3.55. The van der Waals surface area contributed by atoms with E-state index in [4.69, 9.17) is 14.5 Å². The molecule has 5 rings (SSSR count). The van der Waals surface area contributed by atoms with Crippen LogP contribution in [0.3, 0.4) is 0 Å². The summed E-state index contributed by atoms with van der Waals surface area (Å²) in [5.41, 5.74) is 5.95. The predicted molar refractivity (Wildman–Crippen MR) is 135 cm³/mol. The van der Waals surface area contributed by atoms with Crippen LogP contribution in [0, 0.1) is 0 Å². The second-order valence-corrected chi connectivity index (χ2v) is 8.16. The number of fused-ring (bicyclic) bond motifs is 1. The van der Waals surface area contributed by atoms with E-state index in [2.05, 4.69) is 50.5 Å². The summed E-state index contributed by atoms with van der Waals surface area (Å²) in [5.74, 6) is 1.49. The number of nitrogens with one attached hydrogen (secondary N) is 1. The highest BCUT2D eigenvalue weighted by atomic mass is 16.5. The molecule has 0 fully saturated rings. The Morgan fingerprint density at radius 2 is 1.76 bits per heavy atom. The van der Waals surface area contributed by atoms with Crippen LogP contribution in [0.15, 0.2) is 78.3 Å². The summed E-state index contributed by atoms with van der Waals surface area (Å²) in [6.45, 7) is 2.25. The van der Waals surface area contributed by atoms with Crippen LogP contribution in [0.2, 0.25) is 0 Å². The van der Waals surface area contributed by atoms with Crippen LogP contribution in [0.4, 0.5) is 22.7 Å². The Bertz CT molecular complexity index is 1290. The molecular formula is C26H28N6O2. The third kappa shape index (κ3) is 4.47. The lowest BCUT2D eigenvalue weighted by atomic mass is 10.1. The van der Waals surface area contributed by atoms with Crippen LogP contribution in [-0.2, 0) is 13.6 Å². The van der Waals surface area contributed by atoms with E-state index in [0.717, 1.165) is 58.6 Å². The van der Waals surface area contributed by atoms with Crippen LogP contribution in [-0.4, -0.2) is 47.4 Å². The molecule has 1 aliphatic heterocycles. The van der Waals surface area contributed by atoms with Crippen molar-refractivity contribution in [3.05, 3.63) is 78.9 Å². The SMILES string of the molecule is COc1cc(OC)cc(N(CCn2cccc2)c2ccc3c(c2)N=C(c2cnn(C)c2)CN3)c1. The first kappa shape index (κ1) is 21.6. The summed E-state index contributed by atoms with van der Waals surface area (Å²) >= 11 is 0. The van der Waals surface area contributed by atoms with Crippen molar-refractivity contribution in [3.8, 4) is 11.5 Å². The Balaban J connectivity index is 1.53. The monoisotopic (exact) mass is 456 g/mol. The molecule has 0 amide bonds. The van der Waals surface area contributed by atoms with Gasteiger partial charge in [-0.3, -0.25) is 4.68 Å². The number of aliphatic imine (C=N–C) groups is 1. The highest BCUT2D eigenvalue weighted by Crippen LogP contribution is 2.38. The third-order valence-electron chi connectivity index (χ3n) is 5.93. The van der Waals surface area contributed by atoms with Crippen molar-refractivity contribution in [2.75, 3.05) is 37.5 Å². The average molecular weight is 457 g/mol. The molecule has 2 aromatic heterocycles. The zero-order chi connectivity index (χ0) is 23.5. The molecule has 0 spiro atoms. The normalized spacial score (nSPS) is 12.5. The molecule has 8 heteroatoms. The van der Waals surface area contributed by atoms with E-state index >= 15 is 0 Å². The molecule has 4 aromatic rings. The molecule has 0 atom stereocenters. The largest absolute Gasteiger partial charge is 0.497 e. The molecule has 0 bridgehead atoms. The van der Waals surface area contributed by atoms with Gasteiger partial charge in [-0.05, 0) is 30.3 Å². The zero-order valence-electron chi connectivity index (χ0n) is 19.6. The minimum Gasteiger partial charge on any atom is -0.497 e. The van der Waals surface area contributed by atoms with Crippen LogP contribution in [0.25, 0.3) is 0 Å². The number of rotatable bonds is 8. The molecular weight excluding hydrogens is 428 g/mol. The summed E-state index contributed by atoms with van der Waals surface area (Å²) in [4.78, 5) is 7.23. The van der Waals surface area contributed by atoms with Gasteiger partial charge in [0.1, 0.15) is 11.5 Å². The van der Waals surface area contributed by atoms with Gasteiger partial charge in [-0.1, -0.05) is 0 Å². The lowest BCUT2D eigenvalue weighted by Gasteiger charge is -2.28. The van der Waals surface area contributed by atoms with E-state index in [1.165, 1.54) is 0 Å². The second kappa shape index (κ2) is 9.35. The Morgan fingerprint density at radius 1 is 1.00 bits per heavy atom. The number of hydrogen-bond acceptors (Lipinski definition) is 6. The second-order valence-electron chi connectivity index (χ2n) is 8.16. The molecule has 1 aliphatic rings. The number of aromatic nitrogens is 3. The summed E-state index contributed by atoms with van der Waals surface area (Å²) in [6.07, 6.45) is 7.99. The van der Waals surface area contributed by atoms with E-state index < -0.39 is 0 Å². The molecule has 0 aliphatic carbocycles. The summed E-state index contributed by atoms with van der Waals surface area (Å²) in [6, 6.07) is 16.4. The number of nitrogens with zero attached hydrogens (tertiary/aromatic N) is 5. The minimum atomic E-state index is 0.669. The fourth-order valence-corrected chi connectivity index (χ4v) is 4.12. The van der Waals surface area contributed by atoms with Gasteiger partial charge in [0, 0.05) is 73.9 Å². The fourth-order valence-electron chi connectivity index (χ4n) is 4.12. The van der Waals surface area contributed by atoms with Crippen molar-refractivity contribution in [1.29, 1.82) is 0 Å². The van der Waals surface area contributed by atoms with Gasteiger partial charge >= 0.3 is 0 Å². The Labute approximate surface area is 199 Å². The van der Waals surface area contributed by atoms with Crippen LogP contribution in [0.5, 0.6) is 11.5 Å². The molecule has 174 valence electrons. The predicted octanol–water partition coefficient (Wildman–Crippen LogP) is 4.62. The summed E-state index contributed by atoms with van der Waals surface area (Å²) in [7, 11) is 5.25. The third-order valence-corrected chi connectivity index (χ3v) is 5.93. The van der Waals surface area contributed by atoms with Crippen molar-refractivity contribution >= 4 is 28.5 Å². The highest BCUT2D eigenvalue weighted by molar-refractivity contribution is 6.07. The van der Waals surface area contributed by atoms with Crippen molar-refractivity contribution in [2.45, 2.75) is 6.54 Å². The lowest BCUT2D eigenvalue weighted by molar-refractivity contribution is 0.394. The van der Waals surface area contributed by atoms with E-state index in [9.17, 15) is 0 Å². The Kier molecular flexibility index (Phi) is 5.95. The molecule has 1 N–H and O–H groups in total. The molecule has 0 radical (unpaired) electrons. The quantitative estimate of drug-likeness (QED) is 0.419. The van der Waals surface area contributed by atoms with Crippen molar-refractivity contribution in [3.63, 3.8) is 0 Å². The standard InChI is InChI=1S/C26H28N6O2/c1-30-18-19(16-28-30)26-17-27-24-7-6-20(14-25(24)29-26)32(11-10-31-8-4-5-9-31)21-12-22(33-2)15-23(13-21)34-3/h4-9,12-16,18,27H,10-11,17H2,1-3H3. The van der Waals surface area contributed by atoms with Gasteiger partial charge in [0.15, 0.2) is 0 Å². The molecule has 34 heavy (non-hydrogen) atoms. The van der Waals surface area contributed by atoms with Crippen molar-refractivity contribution in [1.82, 2.24) is 14.3 Å². The van der Waals surface area contributed by atoms with E-state index in [-0.39, 0.29) is 0 Å². The summed E-state index contributed by atoms with van der Waals surface area (Å²) < 4.78 is 15.0.